The highest BCUT2D eigenvalue weighted by molar-refractivity contribution is 5.98. The lowest BCUT2D eigenvalue weighted by atomic mass is 9.90. The van der Waals surface area contributed by atoms with Gasteiger partial charge in [-0.3, -0.25) is 9.59 Å². The van der Waals surface area contributed by atoms with Gasteiger partial charge in [-0.1, -0.05) is 24.3 Å². The van der Waals surface area contributed by atoms with Crippen molar-refractivity contribution in [2.45, 2.75) is 19.3 Å². The third kappa shape index (κ3) is 4.39. The standard InChI is InChI=1S/C22H23NO3/c1-2-7-21(24)23-15-6-8-18(16-23)22(25)17-11-13-20(14-12-17)26-19-9-4-3-5-10-19/h2-5,9-14,18H,1,6-8,15-16H2. The van der Waals surface area contributed by atoms with E-state index in [-0.39, 0.29) is 17.6 Å². The van der Waals surface area contributed by atoms with Gasteiger partial charge in [0, 0.05) is 31.0 Å². The predicted molar refractivity (Wildman–Crippen MR) is 101 cm³/mol. The third-order valence-electron chi connectivity index (χ3n) is 4.58. The van der Waals surface area contributed by atoms with E-state index >= 15 is 0 Å². The van der Waals surface area contributed by atoms with Crippen molar-refractivity contribution >= 4 is 11.7 Å². The van der Waals surface area contributed by atoms with Crippen molar-refractivity contribution in [3.05, 3.63) is 72.8 Å². The maximum atomic E-state index is 12.8. The number of hydrogen-bond donors (Lipinski definition) is 0. The van der Waals surface area contributed by atoms with Crippen molar-refractivity contribution in [1.29, 1.82) is 0 Å². The van der Waals surface area contributed by atoms with Crippen LogP contribution < -0.4 is 4.74 Å². The van der Waals surface area contributed by atoms with Gasteiger partial charge >= 0.3 is 0 Å². The van der Waals surface area contributed by atoms with E-state index in [1.165, 1.54) is 0 Å². The zero-order chi connectivity index (χ0) is 18.4. The summed E-state index contributed by atoms with van der Waals surface area (Å²) in [5.41, 5.74) is 0.661. The SMILES string of the molecule is C=CCC(=O)N1CCCC(C(=O)c2ccc(Oc3ccccc3)cc2)C1. The van der Waals surface area contributed by atoms with Crippen molar-refractivity contribution in [1.82, 2.24) is 4.90 Å². The Balaban J connectivity index is 1.64. The van der Waals surface area contributed by atoms with Crippen LogP contribution in [0.15, 0.2) is 67.3 Å². The Morgan fingerprint density at radius 1 is 1.08 bits per heavy atom. The molecule has 2 aromatic carbocycles. The molecule has 2 aromatic rings. The molecule has 1 heterocycles. The van der Waals surface area contributed by atoms with Crippen molar-refractivity contribution in [2.24, 2.45) is 5.92 Å². The largest absolute Gasteiger partial charge is 0.457 e. The second-order valence-corrected chi connectivity index (χ2v) is 6.48. The van der Waals surface area contributed by atoms with Crippen LogP contribution in [0.1, 0.15) is 29.6 Å². The van der Waals surface area contributed by atoms with E-state index in [9.17, 15) is 9.59 Å². The van der Waals surface area contributed by atoms with Crippen molar-refractivity contribution in [3.8, 4) is 11.5 Å². The van der Waals surface area contributed by atoms with Crippen LogP contribution in [-0.2, 0) is 4.79 Å². The van der Waals surface area contributed by atoms with Crippen LogP contribution in [0.2, 0.25) is 0 Å². The molecular formula is C22H23NO3. The number of ketones is 1. The highest BCUT2D eigenvalue weighted by Crippen LogP contribution is 2.25. The molecule has 1 atom stereocenters. The first-order valence-electron chi connectivity index (χ1n) is 8.93. The topological polar surface area (TPSA) is 46.6 Å². The average molecular weight is 349 g/mol. The first-order valence-corrected chi connectivity index (χ1v) is 8.93. The molecule has 1 saturated heterocycles. The zero-order valence-electron chi connectivity index (χ0n) is 14.8. The Kier molecular flexibility index (Phi) is 5.84. The van der Waals surface area contributed by atoms with Crippen molar-refractivity contribution < 1.29 is 14.3 Å². The number of benzene rings is 2. The fraction of sp³-hybridized carbons (Fsp3) is 0.273. The zero-order valence-corrected chi connectivity index (χ0v) is 14.8. The first-order chi connectivity index (χ1) is 12.7. The molecule has 3 rings (SSSR count). The lowest BCUT2D eigenvalue weighted by molar-refractivity contribution is -0.131. The number of rotatable bonds is 6. The molecule has 0 spiro atoms. The molecule has 0 saturated carbocycles. The average Bonchev–Trinajstić information content (AvgIpc) is 2.69. The summed E-state index contributed by atoms with van der Waals surface area (Å²) in [5, 5.41) is 0. The van der Waals surface area contributed by atoms with E-state index in [2.05, 4.69) is 6.58 Å². The number of carbonyl (C=O) groups is 2. The number of likely N-dealkylation sites (tertiary alicyclic amines) is 1. The Morgan fingerprint density at radius 2 is 1.77 bits per heavy atom. The quantitative estimate of drug-likeness (QED) is 0.571. The van der Waals surface area contributed by atoms with Gasteiger partial charge in [-0.15, -0.1) is 6.58 Å². The van der Waals surface area contributed by atoms with Crippen molar-refractivity contribution in [3.63, 3.8) is 0 Å². The summed E-state index contributed by atoms with van der Waals surface area (Å²) < 4.78 is 5.76. The highest BCUT2D eigenvalue weighted by Gasteiger charge is 2.28. The maximum absolute atomic E-state index is 12.8. The molecule has 0 aromatic heterocycles. The van der Waals surface area contributed by atoms with E-state index in [0.717, 1.165) is 25.1 Å². The number of ether oxygens (including phenoxy) is 1. The molecule has 1 amide bonds. The van der Waals surface area contributed by atoms with Crippen molar-refractivity contribution in [2.75, 3.05) is 13.1 Å². The fourth-order valence-corrected chi connectivity index (χ4v) is 3.22. The summed E-state index contributed by atoms with van der Waals surface area (Å²) >= 11 is 0. The lowest BCUT2D eigenvalue weighted by Gasteiger charge is -2.32. The molecule has 0 bridgehead atoms. The third-order valence-corrected chi connectivity index (χ3v) is 4.58. The van der Waals surface area contributed by atoms with Crippen LogP contribution in [0.25, 0.3) is 0 Å². The molecule has 0 N–H and O–H groups in total. The fourth-order valence-electron chi connectivity index (χ4n) is 3.22. The van der Waals surface area contributed by atoms with Gasteiger partial charge in [-0.05, 0) is 49.2 Å². The van der Waals surface area contributed by atoms with E-state index in [0.29, 0.717) is 24.3 Å². The summed E-state index contributed by atoms with van der Waals surface area (Å²) in [5.74, 6) is 1.45. The van der Waals surface area contributed by atoms with Crippen LogP contribution in [0.5, 0.6) is 11.5 Å². The molecule has 1 unspecified atom stereocenters. The minimum atomic E-state index is -0.140. The van der Waals surface area contributed by atoms with Gasteiger partial charge in [0.05, 0.1) is 0 Å². The van der Waals surface area contributed by atoms with Crippen LogP contribution in [0.4, 0.5) is 0 Å². The molecule has 1 fully saturated rings. The number of carbonyl (C=O) groups excluding carboxylic acids is 2. The van der Waals surface area contributed by atoms with Gasteiger partial charge < -0.3 is 9.64 Å². The molecule has 4 heteroatoms. The molecule has 0 aliphatic carbocycles. The van der Waals surface area contributed by atoms with Gasteiger partial charge in [-0.2, -0.15) is 0 Å². The second-order valence-electron chi connectivity index (χ2n) is 6.48. The molecular weight excluding hydrogens is 326 g/mol. The van der Waals surface area contributed by atoms with E-state index in [4.69, 9.17) is 4.74 Å². The highest BCUT2D eigenvalue weighted by atomic mass is 16.5. The van der Waals surface area contributed by atoms with Gasteiger partial charge in [0.15, 0.2) is 5.78 Å². The number of hydrogen-bond acceptors (Lipinski definition) is 3. The lowest BCUT2D eigenvalue weighted by Crippen LogP contribution is -2.42. The number of amides is 1. The van der Waals surface area contributed by atoms with Gasteiger partial charge in [0.2, 0.25) is 5.91 Å². The minimum absolute atomic E-state index is 0.0455. The van der Waals surface area contributed by atoms with E-state index < -0.39 is 0 Å². The van der Waals surface area contributed by atoms with Crippen LogP contribution in [0.3, 0.4) is 0 Å². The van der Waals surface area contributed by atoms with E-state index in [1.54, 1.807) is 23.1 Å². The molecule has 4 nitrogen and oxygen atoms in total. The van der Waals surface area contributed by atoms with Gasteiger partial charge in [-0.25, -0.2) is 0 Å². The van der Waals surface area contributed by atoms with Crippen LogP contribution in [-0.4, -0.2) is 29.7 Å². The Hall–Kier alpha value is -2.88. The summed E-state index contributed by atoms with van der Waals surface area (Å²) in [6, 6.07) is 16.7. The summed E-state index contributed by atoms with van der Waals surface area (Å²) in [6.07, 6.45) is 3.61. The summed E-state index contributed by atoms with van der Waals surface area (Å²) in [6.45, 7) is 4.83. The predicted octanol–water partition coefficient (Wildman–Crippen LogP) is 4.48. The minimum Gasteiger partial charge on any atom is -0.457 e. The number of piperidine rings is 1. The maximum Gasteiger partial charge on any atom is 0.226 e. The monoisotopic (exact) mass is 349 g/mol. The number of para-hydroxylation sites is 1. The molecule has 1 aliphatic rings. The van der Waals surface area contributed by atoms with Gasteiger partial charge in [0.25, 0.3) is 0 Å². The normalized spacial score (nSPS) is 16.8. The smallest absolute Gasteiger partial charge is 0.226 e. The second kappa shape index (κ2) is 8.48. The molecule has 134 valence electrons. The van der Waals surface area contributed by atoms with Gasteiger partial charge in [0.1, 0.15) is 11.5 Å². The molecule has 26 heavy (non-hydrogen) atoms. The molecule has 1 aliphatic heterocycles. The Morgan fingerprint density at radius 3 is 2.46 bits per heavy atom. The first kappa shape index (κ1) is 17.9. The molecule has 0 radical (unpaired) electrons. The number of nitrogens with zero attached hydrogens (tertiary/aromatic N) is 1. The summed E-state index contributed by atoms with van der Waals surface area (Å²) in [7, 11) is 0. The van der Waals surface area contributed by atoms with Crippen LogP contribution >= 0.6 is 0 Å². The Bertz CT molecular complexity index is 768. The Labute approximate surface area is 154 Å². The van der Waals surface area contributed by atoms with E-state index in [1.807, 2.05) is 42.5 Å². The van der Waals surface area contributed by atoms with Crippen LogP contribution in [0, 0.1) is 5.92 Å². The summed E-state index contributed by atoms with van der Waals surface area (Å²) in [4.78, 5) is 26.6. The number of Topliss-reactive ketones (excluding diaryl/α,β-unsaturated/α-hetero) is 1.